The molecule has 92 valence electrons. The lowest BCUT2D eigenvalue weighted by Crippen LogP contribution is -2.43. The minimum Gasteiger partial charge on any atom is -0.347 e. The minimum absolute atomic E-state index is 0.218. The van der Waals surface area contributed by atoms with Gasteiger partial charge in [0.15, 0.2) is 5.79 Å². The molecule has 0 aromatic heterocycles. The molecular formula is C14H19NO2. The molecule has 2 heterocycles. The van der Waals surface area contributed by atoms with Crippen molar-refractivity contribution in [3.05, 3.63) is 35.9 Å². The average molecular weight is 233 g/mol. The smallest absolute Gasteiger partial charge is 0.171 e. The van der Waals surface area contributed by atoms with Crippen molar-refractivity contribution in [2.45, 2.75) is 31.2 Å². The zero-order chi connectivity index (χ0) is 11.6. The molecule has 17 heavy (non-hydrogen) atoms. The Balaban J connectivity index is 1.60. The summed E-state index contributed by atoms with van der Waals surface area (Å²) in [6, 6.07) is 10.5. The van der Waals surface area contributed by atoms with Crippen LogP contribution in [0, 0.1) is 0 Å². The fraction of sp³-hybridized carbons (Fsp3) is 0.571. The monoisotopic (exact) mass is 233 g/mol. The fourth-order valence-corrected chi connectivity index (χ4v) is 2.66. The fourth-order valence-electron chi connectivity index (χ4n) is 2.66. The van der Waals surface area contributed by atoms with Crippen LogP contribution in [0.25, 0.3) is 0 Å². The molecule has 3 heteroatoms. The predicted molar refractivity (Wildman–Crippen MR) is 65.8 cm³/mol. The Morgan fingerprint density at radius 3 is 2.71 bits per heavy atom. The Morgan fingerprint density at radius 1 is 1.18 bits per heavy atom. The molecule has 1 unspecified atom stereocenters. The van der Waals surface area contributed by atoms with Crippen LogP contribution in [0.1, 0.15) is 18.4 Å². The summed E-state index contributed by atoms with van der Waals surface area (Å²) in [6.45, 7) is 2.73. The molecule has 2 fully saturated rings. The third-order valence-electron chi connectivity index (χ3n) is 3.59. The van der Waals surface area contributed by atoms with Crippen LogP contribution in [0.5, 0.6) is 0 Å². The average Bonchev–Trinajstić information content (AvgIpc) is 2.74. The summed E-state index contributed by atoms with van der Waals surface area (Å²) < 4.78 is 12.0. The van der Waals surface area contributed by atoms with E-state index in [1.54, 1.807) is 0 Å². The highest BCUT2D eigenvalue weighted by Crippen LogP contribution is 2.32. The van der Waals surface area contributed by atoms with Gasteiger partial charge in [-0.15, -0.1) is 0 Å². The first-order valence-electron chi connectivity index (χ1n) is 6.43. The Bertz CT molecular complexity index is 360. The van der Waals surface area contributed by atoms with Crippen molar-refractivity contribution in [1.82, 2.24) is 5.32 Å². The maximum Gasteiger partial charge on any atom is 0.171 e. The van der Waals surface area contributed by atoms with E-state index in [-0.39, 0.29) is 11.9 Å². The maximum absolute atomic E-state index is 6.13. The largest absolute Gasteiger partial charge is 0.347 e. The second-order valence-electron chi connectivity index (χ2n) is 4.90. The molecule has 0 amide bonds. The Hall–Kier alpha value is -0.900. The van der Waals surface area contributed by atoms with Gasteiger partial charge in [-0.05, 0) is 5.56 Å². The summed E-state index contributed by atoms with van der Waals surface area (Å²) in [5, 5.41) is 3.34. The molecule has 1 aromatic carbocycles. The summed E-state index contributed by atoms with van der Waals surface area (Å²) in [5.74, 6) is -0.287. The van der Waals surface area contributed by atoms with Gasteiger partial charge in [0.25, 0.3) is 0 Å². The highest BCUT2D eigenvalue weighted by molar-refractivity contribution is 5.15. The van der Waals surface area contributed by atoms with Crippen LogP contribution in [0.3, 0.4) is 0 Å². The van der Waals surface area contributed by atoms with E-state index >= 15 is 0 Å². The van der Waals surface area contributed by atoms with Crippen LogP contribution < -0.4 is 5.32 Å². The Kier molecular flexibility index (Phi) is 3.14. The van der Waals surface area contributed by atoms with Gasteiger partial charge in [-0.3, -0.25) is 0 Å². The first-order chi connectivity index (χ1) is 8.36. The molecule has 2 aliphatic heterocycles. The van der Waals surface area contributed by atoms with Crippen LogP contribution in [0.2, 0.25) is 0 Å². The lowest BCUT2D eigenvalue weighted by atomic mass is 10.1. The normalized spacial score (nSPS) is 27.4. The minimum atomic E-state index is -0.287. The second kappa shape index (κ2) is 4.77. The number of rotatable bonds is 2. The zero-order valence-electron chi connectivity index (χ0n) is 10.0. The topological polar surface area (TPSA) is 30.5 Å². The van der Waals surface area contributed by atoms with Gasteiger partial charge in [0.05, 0.1) is 12.7 Å². The maximum atomic E-state index is 6.13. The number of hydrogen-bond donors (Lipinski definition) is 1. The standard InChI is InChI=1S/C14H19NO2/c1-2-4-12(5-3-1)10-13-11-16-14(17-13)6-8-15-9-7-14/h1-5,13,15H,6-11H2. The van der Waals surface area contributed by atoms with Crippen molar-refractivity contribution in [2.75, 3.05) is 19.7 Å². The van der Waals surface area contributed by atoms with Crippen molar-refractivity contribution in [3.8, 4) is 0 Å². The Morgan fingerprint density at radius 2 is 1.94 bits per heavy atom. The molecule has 0 radical (unpaired) electrons. The van der Waals surface area contributed by atoms with Gasteiger partial charge in [-0.2, -0.15) is 0 Å². The van der Waals surface area contributed by atoms with Gasteiger partial charge < -0.3 is 14.8 Å². The van der Waals surface area contributed by atoms with E-state index in [1.807, 2.05) is 6.07 Å². The van der Waals surface area contributed by atoms with E-state index in [2.05, 4.69) is 29.6 Å². The predicted octanol–water partition coefficient (Wildman–Crippen LogP) is 1.72. The molecule has 1 atom stereocenters. The molecule has 0 bridgehead atoms. The van der Waals surface area contributed by atoms with Crippen LogP contribution >= 0.6 is 0 Å². The lowest BCUT2D eigenvalue weighted by Gasteiger charge is -2.32. The highest BCUT2D eigenvalue weighted by Gasteiger charge is 2.42. The number of piperidine rings is 1. The number of nitrogens with one attached hydrogen (secondary N) is 1. The first kappa shape index (κ1) is 11.2. The summed E-state index contributed by atoms with van der Waals surface area (Å²) >= 11 is 0. The van der Waals surface area contributed by atoms with E-state index in [9.17, 15) is 0 Å². The van der Waals surface area contributed by atoms with Gasteiger partial charge in [-0.25, -0.2) is 0 Å². The molecule has 3 nitrogen and oxygen atoms in total. The SMILES string of the molecule is c1ccc(CC2COC3(CCNCC3)O2)cc1. The van der Waals surface area contributed by atoms with Crippen molar-refractivity contribution in [1.29, 1.82) is 0 Å². The van der Waals surface area contributed by atoms with Gasteiger partial charge >= 0.3 is 0 Å². The summed E-state index contributed by atoms with van der Waals surface area (Å²) in [4.78, 5) is 0. The van der Waals surface area contributed by atoms with Gasteiger partial charge in [0.1, 0.15) is 0 Å². The summed E-state index contributed by atoms with van der Waals surface area (Å²) in [5.41, 5.74) is 1.33. The van der Waals surface area contributed by atoms with E-state index < -0.39 is 0 Å². The first-order valence-corrected chi connectivity index (χ1v) is 6.43. The third-order valence-corrected chi connectivity index (χ3v) is 3.59. The van der Waals surface area contributed by atoms with Gasteiger partial charge in [-0.1, -0.05) is 30.3 Å². The summed E-state index contributed by atoms with van der Waals surface area (Å²) in [6.07, 6.45) is 3.11. The second-order valence-corrected chi connectivity index (χ2v) is 4.90. The molecule has 1 aromatic rings. The summed E-state index contributed by atoms with van der Waals surface area (Å²) in [7, 11) is 0. The molecule has 3 rings (SSSR count). The quantitative estimate of drug-likeness (QED) is 0.843. The van der Waals surface area contributed by atoms with Crippen LogP contribution in [-0.2, 0) is 15.9 Å². The molecule has 2 aliphatic rings. The molecule has 1 spiro atoms. The number of hydrogen-bond acceptors (Lipinski definition) is 3. The Labute approximate surface area is 102 Å². The number of benzene rings is 1. The molecule has 1 N–H and O–H groups in total. The molecular weight excluding hydrogens is 214 g/mol. The van der Waals surface area contributed by atoms with E-state index in [0.717, 1.165) is 39.0 Å². The number of ether oxygens (including phenoxy) is 2. The van der Waals surface area contributed by atoms with Crippen LogP contribution in [0.4, 0.5) is 0 Å². The highest BCUT2D eigenvalue weighted by atomic mass is 16.7. The van der Waals surface area contributed by atoms with Gasteiger partial charge in [0, 0.05) is 32.4 Å². The lowest BCUT2D eigenvalue weighted by molar-refractivity contribution is -0.182. The van der Waals surface area contributed by atoms with Crippen molar-refractivity contribution in [3.63, 3.8) is 0 Å². The van der Waals surface area contributed by atoms with Crippen molar-refractivity contribution < 1.29 is 9.47 Å². The molecule has 0 aliphatic carbocycles. The van der Waals surface area contributed by atoms with Crippen LogP contribution in [-0.4, -0.2) is 31.6 Å². The molecule has 0 saturated carbocycles. The van der Waals surface area contributed by atoms with Crippen molar-refractivity contribution >= 4 is 0 Å². The van der Waals surface area contributed by atoms with Crippen molar-refractivity contribution in [2.24, 2.45) is 0 Å². The van der Waals surface area contributed by atoms with E-state index in [0.29, 0.717) is 0 Å². The third kappa shape index (κ3) is 2.51. The zero-order valence-corrected chi connectivity index (χ0v) is 10.0. The van der Waals surface area contributed by atoms with Gasteiger partial charge in [0.2, 0.25) is 0 Å². The van der Waals surface area contributed by atoms with E-state index in [1.165, 1.54) is 5.56 Å². The van der Waals surface area contributed by atoms with E-state index in [4.69, 9.17) is 9.47 Å². The van der Waals surface area contributed by atoms with Crippen LogP contribution in [0.15, 0.2) is 30.3 Å². The molecule has 2 saturated heterocycles.